The first-order chi connectivity index (χ1) is 17.7. The van der Waals surface area contributed by atoms with Gasteiger partial charge in [0.2, 0.25) is 0 Å². The van der Waals surface area contributed by atoms with Crippen LogP contribution in [0.4, 0.5) is 17.1 Å². The molecule has 1 nitrogen and oxygen atoms in total. The van der Waals surface area contributed by atoms with Crippen LogP contribution in [0, 0.1) is 6.92 Å². The molecule has 0 saturated heterocycles. The Labute approximate surface area is 215 Å². The SMILES string of the molecule is CCc1ccc(N(c2ccc(C)cc2)c2ccc(C=C(c3ccccc3)c3ccccc3)cc2)cc1. The minimum atomic E-state index is 1.04. The third-order valence-corrected chi connectivity index (χ3v) is 6.53. The maximum atomic E-state index is 2.32. The van der Waals surface area contributed by atoms with Crippen LogP contribution in [0.5, 0.6) is 0 Å². The topological polar surface area (TPSA) is 3.24 Å². The van der Waals surface area contributed by atoms with Gasteiger partial charge in [-0.2, -0.15) is 0 Å². The lowest BCUT2D eigenvalue weighted by atomic mass is 9.95. The Morgan fingerprint density at radius 3 is 1.47 bits per heavy atom. The second-order valence-electron chi connectivity index (χ2n) is 9.07. The van der Waals surface area contributed by atoms with Crippen molar-refractivity contribution in [1.29, 1.82) is 0 Å². The van der Waals surface area contributed by atoms with E-state index in [1.54, 1.807) is 0 Å². The van der Waals surface area contributed by atoms with Gasteiger partial charge in [-0.3, -0.25) is 0 Å². The Kier molecular flexibility index (Phi) is 7.10. The fourth-order valence-corrected chi connectivity index (χ4v) is 4.48. The molecular weight excluding hydrogens is 434 g/mol. The summed E-state index contributed by atoms with van der Waals surface area (Å²) in [5.41, 5.74) is 10.9. The van der Waals surface area contributed by atoms with Crippen molar-refractivity contribution in [3.8, 4) is 0 Å². The van der Waals surface area contributed by atoms with Crippen LogP contribution < -0.4 is 4.90 Å². The van der Waals surface area contributed by atoms with E-state index in [1.807, 2.05) is 0 Å². The first-order valence-electron chi connectivity index (χ1n) is 12.6. The van der Waals surface area contributed by atoms with Crippen molar-refractivity contribution >= 4 is 28.7 Å². The number of aryl methyl sites for hydroxylation is 2. The molecule has 0 fully saturated rings. The number of benzene rings is 5. The third kappa shape index (κ3) is 5.31. The Morgan fingerprint density at radius 1 is 0.556 bits per heavy atom. The van der Waals surface area contributed by atoms with Crippen LogP contribution in [0.25, 0.3) is 11.6 Å². The molecule has 0 amide bonds. The molecule has 0 aliphatic carbocycles. The van der Waals surface area contributed by atoms with Crippen LogP contribution in [-0.2, 0) is 6.42 Å². The summed E-state index contributed by atoms with van der Waals surface area (Å²) in [7, 11) is 0. The van der Waals surface area contributed by atoms with Crippen LogP contribution in [0.15, 0.2) is 133 Å². The Morgan fingerprint density at radius 2 is 1.00 bits per heavy atom. The Bertz CT molecular complexity index is 1370. The summed E-state index contributed by atoms with van der Waals surface area (Å²) >= 11 is 0. The van der Waals surface area contributed by atoms with Gasteiger partial charge in [0, 0.05) is 17.1 Å². The van der Waals surface area contributed by atoms with E-state index in [9.17, 15) is 0 Å². The number of nitrogens with zero attached hydrogens (tertiary/aromatic N) is 1. The predicted octanol–water partition coefficient (Wildman–Crippen LogP) is 9.62. The highest BCUT2D eigenvalue weighted by Crippen LogP contribution is 2.35. The number of anilines is 3. The zero-order valence-corrected chi connectivity index (χ0v) is 20.9. The zero-order chi connectivity index (χ0) is 24.7. The summed E-state index contributed by atoms with van der Waals surface area (Å²) in [6.45, 7) is 4.32. The van der Waals surface area contributed by atoms with Gasteiger partial charge in [-0.15, -0.1) is 0 Å². The molecule has 5 aromatic rings. The molecule has 0 saturated carbocycles. The Hall–Kier alpha value is -4.36. The van der Waals surface area contributed by atoms with Gasteiger partial charge in [0.25, 0.3) is 0 Å². The Balaban J connectivity index is 1.54. The van der Waals surface area contributed by atoms with Crippen LogP contribution >= 0.6 is 0 Å². The van der Waals surface area contributed by atoms with Crippen LogP contribution in [0.2, 0.25) is 0 Å². The average molecular weight is 466 g/mol. The molecular formula is C35H31N. The predicted molar refractivity (Wildman–Crippen MR) is 155 cm³/mol. The van der Waals surface area contributed by atoms with Crippen molar-refractivity contribution in [2.24, 2.45) is 0 Å². The molecule has 0 unspecified atom stereocenters. The zero-order valence-electron chi connectivity index (χ0n) is 20.9. The van der Waals surface area contributed by atoms with Gasteiger partial charge < -0.3 is 4.90 Å². The fourth-order valence-electron chi connectivity index (χ4n) is 4.48. The van der Waals surface area contributed by atoms with Gasteiger partial charge in [-0.25, -0.2) is 0 Å². The van der Waals surface area contributed by atoms with Crippen molar-refractivity contribution in [2.45, 2.75) is 20.3 Å². The first-order valence-corrected chi connectivity index (χ1v) is 12.6. The van der Waals surface area contributed by atoms with Crippen molar-refractivity contribution in [1.82, 2.24) is 0 Å². The van der Waals surface area contributed by atoms with Gasteiger partial charge in [-0.05, 0) is 83.6 Å². The number of rotatable bonds is 7. The van der Waals surface area contributed by atoms with E-state index in [4.69, 9.17) is 0 Å². The summed E-state index contributed by atoms with van der Waals surface area (Å²) in [5, 5.41) is 0. The van der Waals surface area contributed by atoms with Crippen molar-refractivity contribution in [3.63, 3.8) is 0 Å². The molecule has 0 aliphatic rings. The summed E-state index contributed by atoms with van der Waals surface area (Å²) in [6, 6.07) is 47.7. The van der Waals surface area contributed by atoms with E-state index in [0.29, 0.717) is 0 Å². The molecule has 0 bridgehead atoms. The van der Waals surface area contributed by atoms with Gasteiger partial charge in [0.05, 0.1) is 0 Å². The lowest BCUT2D eigenvalue weighted by molar-refractivity contribution is 1.14. The maximum absolute atomic E-state index is 2.32. The first kappa shape index (κ1) is 23.4. The van der Waals surface area contributed by atoms with Crippen molar-refractivity contribution in [2.75, 3.05) is 4.90 Å². The minimum absolute atomic E-state index is 1.04. The largest absolute Gasteiger partial charge is 0.311 e. The quantitative estimate of drug-likeness (QED) is 0.216. The highest BCUT2D eigenvalue weighted by molar-refractivity contribution is 5.91. The summed E-state index contributed by atoms with van der Waals surface area (Å²) in [6.07, 6.45) is 3.32. The molecule has 5 aromatic carbocycles. The van der Waals surface area contributed by atoms with Crippen molar-refractivity contribution in [3.05, 3.63) is 161 Å². The molecule has 0 aromatic heterocycles. The highest BCUT2D eigenvalue weighted by Gasteiger charge is 2.13. The monoisotopic (exact) mass is 465 g/mol. The highest BCUT2D eigenvalue weighted by atomic mass is 15.1. The number of hydrogen-bond acceptors (Lipinski definition) is 1. The van der Waals surface area contributed by atoms with E-state index in [0.717, 1.165) is 23.5 Å². The lowest BCUT2D eigenvalue weighted by Crippen LogP contribution is -2.10. The van der Waals surface area contributed by atoms with Gasteiger partial charge in [0.1, 0.15) is 0 Å². The molecule has 36 heavy (non-hydrogen) atoms. The third-order valence-electron chi connectivity index (χ3n) is 6.53. The van der Waals surface area contributed by atoms with Gasteiger partial charge in [0.15, 0.2) is 0 Å². The molecule has 0 spiro atoms. The van der Waals surface area contributed by atoms with E-state index in [-0.39, 0.29) is 0 Å². The molecule has 1 heteroatoms. The maximum Gasteiger partial charge on any atom is 0.0462 e. The van der Waals surface area contributed by atoms with E-state index >= 15 is 0 Å². The molecule has 176 valence electrons. The lowest BCUT2D eigenvalue weighted by Gasteiger charge is -2.26. The number of hydrogen-bond donors (Lipinski definition) is 0. The molecule has 0 radical (unpaired) electrons. The summed E-state index contributed by atoms with van der Waals surface area (Å²) in [4.78, 5) is 2.32. The normalized spacial score (nSPS) is 10.6. The minimum Gasteiger partial charge on any atom is -0.311 e. The smallest absolute Gasteiger partial charge is 0.0462 e. The summed E-state index contributed by atoms with van der Waals surface area (Å²) < 4.78 is 0. The average Bonchev–Trinajstić information content (AvgIpc) is 2.95. The van der Waals surface area contributed by atoms with E-state index in [2.05, 4.69) is 158 Å². The van der Waals surface area contributed by atoms with Crippen LogP contribution in [0.3, 0.4) is 0 Å². The standard InChI is InChI=1S/C35H31N/c1-3-28-16-22-33(23-17-28)36(32-20-14-27(2)15-21-32)34-24-18-29(19-25-34)26-35(30-10-6-4-7-11-30)31-12-8-5-9-13-31/h4-26H,3H2,1-2H3. The van der Waals surface area contributed by atoms with Gasteiger partial charge in [-0.1, -0.05) is 110 Å². The molecule has 0 N–H and O–H groups in total. The summed E-state index contributed by atoms with van der Waals surface area (Å²) in [5.74, 6) is 0. The van der Waals surface area contributed by atoms with Gasteiger partial charge >= 0.3 is 0 Å². The van der Waals surface area contributed by atoms with E-state index < -0.39 is 0 Å². The second-order valence-corrected chi connectivity index (χ2v) is 9.07. The van der Waals surface area contributed by atoms with E-state index in [1.165, 1.54) is 33.4 Å². The molecule has 0 aliphatic heterocycles. The van der Waals surface area contributed by atoms with Crippen LogP contribution in [0.1, 0.15) is 34.7 Å². The van der Waals surface area contributed by atoms with Crippen molar-refractivity contribution < 1.29 is 0 Å². The molecule has 0 heterocycles. The fraction of sp³-hybridized carbons (Fsp3) is 0.0857. The molecule has 5 rings (SSSR count). The van der Waals surface area contributed by atoms with Crippen LogP contribution in [-0.4, -0.2) is 0 Å². The molecule has 0 atom stereocenters. The second kappa shape index (κ2) is 10.9.